The molecule has 0 aliphatic carbocycles. The van der Waals surface area contributed by atoms with Gasteiger partial charge in [0, 0.05) is 17.9 Å². The SMILES string of the molecule is COC(=O)/C(C#N)=C\Nc1ccc(S(=O)(=O)NC(C)C)cc1. The molecule has 118 valence electrons. The molecule has 0 aliphatic rings. The van der Waals surface area contributed by atoms with Crippen molar-refractivity contribution in [3.8, 4) is 6.07 Å². The molecule has 22 heavy (non-hydrogen) atoms. The van der Waals surface area contributed by atoms with E-state index in [4.69, 9.17) is 5.26 Å². The van der Waals surface area contributed by atoms with Crippen molar-refractivity contribution >= 4 is 21.7 Å². The van der Waals surface area contributed by atoms with Crippen LogP contribution in [-0.2, 0) is 19.6 Å². The van der Waals surface area contributed by atoms with Crippen molar-refractivity contribution in [3.05, 3.63) is 36.0 Å². The maximum absolute atomic E-state index is 11.9. The molecule has 0 heterocycles. The van der Waals surface area contributed by atoms with Crippen LogP contribution in [0.3, 0.4) is 0 Å². The molecular weight excluding hydrogens is 306 g/mol. The first-order valence-electron chi connectivity index (χ1n) is 6.37. The Morgan fingerprint density at radius 3 is 2.36 bits per heavy atom. The lowest BCUT2D eigenvalue weighted by molar-refractivity contribution is -0.135. The summed E-state index contributed by atoms with van der Waals surface area (Å²) in [6.07, 6.45) is 1.20. The minimum absolute atomic E-state index is 0.129. The maximum atomic E-state index is 11.9. The molecule has 1 rings (SSSR count). The van der Waals surface area contributed by atoms with Crippen LogP contribution in [0, 0.1) is 11.3 Å². The summed E-state index contributed by atoms with van der Waals surface area (Å²) >= 11 is 0. The third-order valence-corrected chi connectivity index (χ3v) is 4.14. The van der Waals surface area contributed by atoms with E-state index in [2.05, 4.69) is 14.8 Å². The Bertz CT molecular complexity index is 701. The van der Waals surface area contributed by atoms with Crippen molar-refractivity contribution in [1.82, 2.24) is 4.72 Å². The van der Waals surface area contributed by atoms with Gasteiger partial charge in [-0.05, 0) is 38.1 Å². The van der Waals surface area contributed by atoms with Crippen molar-refractivity contribution in [1.29, 1.82) is 5.26 Å². The first-order chi connectivity index (χ1) is 10.3. The summed E-state index contributed by atoms with van der Waals surface area (Å²) in [6, 6.07) is 7.39. The topological polar surface area (TPSA) is 108 Å². The molecule has 0 fully saturated rings. The molecule has 2 N–H and O–H groups in total. The summed E-state index contributed by atoms with van der Waals surface area (Å²) in [5.41, 5.74) is 0.334. The summed E-state index contributed by atoms with van der Waals surface area (Å²) < 4.78 is 30.8. The van der Waals surface area contributed by atoms with Crippen LogP contribution in [0.5, 0.6) is 0 Å². The summed E-state index contributed by atoms with van der Waals surface area (Å²) in [6.45, 7) is 3.46. The lowest BCUT2D eigenvalue weighted by Crippen LogP contribution is -2.30. The summed E-state index contributed by atoms with van der Waals surface area (Å²) in [5.74, 6) is -0.754. The molecular formula is C14H17N3O4S. The Hall–Kier alpha value is -2.37. The van der Waals surface area contributed by atoms with Crippen LogP contribution in [0.1, 0.15) is 13.8 Å². The molecule has 0 saturated carbocycles. The van der Waals surface area contributed by atoms with E-state index in [1.807, 2.05) is 0 Å². The molecule has 0 radical (unpaired) electrons. The van der Waals surface area contributed by atoms with E-state index in [-0.39, 0.29) is 16.5 Å². The molecule has 0 atom stereocenters. The van der Waals surface area contributed by atoms with Crippen LogP contribution in [-0.4, -0.2) is 27.5 Å². The summed E-state index contributed by atoms with van der Waals surface area (Å²) in [5, 5.41) is 11.5. The fourth-order valence-electron chi connectivity index (χ4n) is 1.51. The van der Waals surface area contributed by atoms with E-state index in [0.717, 1.165) is 0 Å². The van der Waals surface area contributed by atoms with Crippen molar-refractivity contribution in [2.24, 2.45) is 0 Å². The van der Waals surface area contributed by atoms with Gasteiger partial charge in [0.2, 0.25) is 10.0 Å². The molecule has 0 aliphatic heterocycles. The molecule has 8 heteroatoms. The van der Waals surface area contributed by atoms with Gasteiger partial charge in [0.05, 0.1) is 12.0 Å². The Kier molecular flexibility index (Phi) is 6.10. The Morgan fingerprint density at radius 1 is 1.32 bits per heavy atom. The Labute approximate surface area is 129 Å². The fraction of sp³-hybridized carbons (Fsp3) is 0.286. The van der Waals surface area contributed by atoms with Gasteiger partial charge in [-0.25, -0.2) is 17.9 Å². The van der Waals surface area contributed by atoms with E-state index in [9.17, 15) is 13.2 Å². The molecule has 0 spiro atoms. The largest absolute Gasteiger partial charge is 0.465 e. The lowest BCUT2D eigenvalue weighted by atomic mass is 10.3. The number of carbonyl (C=O) groups excluding carboxylic acids is 1. The quantitative estimate of drug-likeness (QED) is 0.465. The van der Waals surface area contributed by atoms with Crippen LogP contribution < -0.4 is 10.0 Å². The minimum Gasteiger partial charge on any atom is -0.465 e. The predicted octanol–water partition coefficient (Wildman–Crippen LogP) is 1.37. The molecule has 0 saturated heterocycles. The highest BCUT2D eigenvalue weighted by Gasteiger charge is 2.14. The van der Waals surface area contributed by atoms with E-state index in [0.29, 0.717) is 5.69 Å². The van der Waals surface area contributed by atoms with Gasteiger partial charge in [0.25, 0.3) is 0 Å². The Morgan fingerprint density at radius 2 is 1.91 bits per heavy atom. The number of hydrogen-bond donors (Lipinski definition) is 2. The first-order valence-corrected chi connectivity index (χ1v) is 7.86. The standard InChI is InChI=1S/C14H17N3O4S/c1-10(2)17-22(19,20)13-6-4-12(5-7-13)16-9-11(8-15)14(18)21-3/h4-7,9-10,16-17H,1-3H3/b11-9-. The van der Waals surface area contributed by atoms with Crippen molar-refractivity contribution in [3.63, 3.8) is 0 Å². The molecule has 0 bridgehead atoms. The number of methoxy groups -OCH3 is 1. The van der Waals surface area contributed by atoms with Gasteiger partial charge >= 0.3 is 5.97 Å². The smallest absolute Gasteiger partial charge is 0.350 e. The van der Waals surface area contributed by atoms with Gasteiger partial charge in [0.1, 0.15) is 6.07 Å². The highest BCUT2D eigenvalue weighted by molar-refractivity contribution is 7.89. The molecule has 0 aromatic heterocycles. The second-order valence-electron chi connectivity index (χ2n) is 4.61. The molecule has 0 amide bonds. The number of esters is 1. The van der Waals surface area contributed by atoms with E-state index < -0.39 is 16.0 Å². The fourth-order valence-corrected chi connectivity index (χ4v) is 2.76. The highest BCUT2D eigenvalue weighted by atomic mass is 32.2. The average molecular weight is 323 g/mol. The van der Waals surface area contributed by atoms with E-state index in [1.165, 1.54) is 37.6 Å². The second-order valence-corrected chi connectivity index (χ2v) is 6.32. The molecule has 0 unspecified atom stereocenters. The van der Waals surface area contributed by atoms with Gasteiger partial charge in [0.15, 0.2) is 5.57 Å². The lowest BCUT2D eigenvalue weighted by Gasteiger charge is -2.10. The van der Waals surface area contributed by atoms with Gasteiger partial charge in [-0.15, -0.1) is 0 Å². The second kappa shape index (κ2) is 7.59. The Balaban J connectivity index is 2.89. The van der Waals surface area contributed by atoms with Crippen LogP contribution >= 0.6 is 0 Å². The third-order valence-electron chi connectivity index (χ3n) is 2.46. The van der Waals surface area contributed by atoms with Crippen LogP contribution in [0.4, 0.5) is 5.69 Å². The number of nitriles is 1. The molecule has 7 nitrogen and oxygen atoms in total. The van der Waals surface area contributed by atoms with Crippen LogP contribution in [0.2, 0.25) is 0 Å². The van der Waals surface area contributed by atoms with Crippen LogP contribution in [0.25, 0.3) is 0 Å². The van der Waals surface area contributed by atoms with Crippen molar-refractivity contribution in [2.45, 2.75) is 24.8 Å². The number of sulfonamides is 1. The predicted molar refractivity (Wildman–Crippen MR) is 81.2 cm³/mol. The maximum Gasteiger partial charge on any atom is 0.350 e. The van der Waals surface area contributed by atoms with E-state index >= 15 is 0 Å². The van der Waals surface area contributed by atoms with Gasteiger partial charge in [-0.1, -0.05) is 0 Å². The number of benzene rings is 1. The van der Waals surface area contributed by atoms with E-state index in [1.54, 1.807) is 19.9 Å². The number of rotatable bonds is 6. The number of anilines is 1. The van der Waals surface area contributed by atoms with Crippen LogP contribution in [0.15, 0.2) is 40.9 Å². The molecule has 1 aromatic rings. The zero-order chi connectivity index (χ0) is 16.8. The van der Waals surface area contributed by atoms with Crippen molar-refractivity contribution < 1.29 is 17.9 Å². The number of ether oxygens (including phenoxy) is 1. The van der Waals surface area contributed by atoms with Gasteiger partial charge in [-0.3, -0.25) is 0 Å². The third kappa shape index (κ3) is 4.87. The zero-order valence-corrected chi connectivity index (χ0v) is 13.3. The zero-order valence-electron chi connectivity index (χ0n) is 12.5. The van der Waals surface area contributed by atoms with Gasteiger partial charge in [-0.2, -0.15) is 5.26 Å². The average Bonchev–Trinajstić information content (AvgIpc) is 2.46. The first kappa shape index (κ1) is 17.7. The number of nitrogens with zero attached hydrogens (tertiary/aromatic N) is 1. The minimum atomic E-state index is -3.55. The monoisotopic (exact) mass is 323 g/mol. The highest BCUT2D eigenvalue weighted by Crippen LogP contribution is 2.14. The number of nitrogens with one attached hydrogen (secondary N) is 2. The normalized spacial score (nSPS) is 11.9. The number of hydrogen-bond acceptors (Lipinski definition) is 6. The summed E-state index contributed by atoms with van der Waals surface area (Å²) in [4.78, 5) is 11.3. The van der Waals surface area contributed by atoms with Crippen molar-refractivity contribution in [2.75, 3.05) is 12.4 Å². The molecule has 1 aromatic carbocycles. The van der Waals surface area contributed by atoms with Gasteiger partial charge < -0.3 is 10.1 Å². The summed E-state index contributed by atoms with van der Waals surface area (Å²) in [7, 11) is -2.37. The number of carbonyl (C=O) groups is 1.